The number of aliphatic imine (C=N–C) groups is 1. The summed E-state index contributed by atoms with van der Waals surface area (Å²) >= 11 is 0. The fourth-order valence-electron chi connectivity index (χ4n) is 1.84. The third-order valence-corrected chi connectivity index (χ3v) is 2.96. The number of anilines is 1. The van der Waals surface area contributed by atoms with Crippen molar-refractivity contribution in [2.45, 2.75) is 12.9 Å². The van der Waals surface area contributed by atoms with Crippen LogP contribution in [0.2, 0.25) is 0 Å². The Kier molecular flexibility index (Phi) is 5.44. The average Bonchev–Trinajstić information content (AvgIpc) is 2.54. The zero-order valence-electron chi connectivity index (χ0n) is 12.6. The standard InChI is InChI=1S/C16H12F4N4O/c17-14-7-10(8-21)1-2-11(14)9-23-15(22)24-12-3-5-13(6-4-12)25-16(18,19)20/h1-7H,9H2,(H3,22,23,24). The van der Waals surface area contributed by atoms with Crippen molar-refractivity contribution in [1.82, 2.24) is 0 Å². The molecule has 5 nitrogen and oxygen atoms in total. The first-order chi connectivity index (χ1) is 11.8. The first-order valence-corrected chi connectivity index (χ1v) is 6.88. The number of guanidine groups is 1. The van der Waals surface area contributed by atoms with Crippen molar-refractivity contribution < 1.29 is 22.3 Å². The van der Waals surface area contributed by atoms with Crippen molar-refractivity contribution >= 4 is 11.6 Å². The van der Waals surface area contributed by atoms with Gasteiger partial charge in [0.25, 0.3) is 0 Å². The van der Waals surface area contributed by atoms with E-state index >= 15 is 0 Å². The van der Waals surface area contributed by atoms with Crippen LogP contribution >= 0.6 is 0 Å². The van der Waals surface area contributed by atoms with Crippen LogP contribution in [0.4, 0.5) is 23.2 Å². The van der Waals surface area contributed by atoms with Crippen molar-refractivity contribution in [3.05, 3.63) is 59.4 Å². The second-order valence-corrected chi connectivity index (χ2v) is 4.82. The lowest BCUT2D eigenvalue weighted by molar-refractivity contribution is -0.274. The highest BCUT2D eigenvalue weighted by atomic mass is 19.4. The number of hydrogen-bond donors (Lipinski definition) is 2. The van der Waals surface area contributed by atoms with Crippen molar-refractivity contribution in [3.63, 3.8) is 0 Å². The van der Waals surface area contributed by atoms with Crippen LogP contribution in [0.25, 0.3) is 0 Å². The van der Waals surface area contributed by atoms with E-state index in [0.29, 0.717) is 5.69 Å². The van der Waals surface area contributed by atoms with Gasteiger partial charge in [-0.25, -0.2) is 9.38 Å². The monoisotopic (exact) mass is 352 g/mol. The van der Waals surface area contributed by atoms with Crippen molar-refractivity contribution in [2.75, 3.05) is 5.32 Å². The minimum atomic E-state index is -4.76. The molecule has 0 spiro atoms. The molecule has 2 rings (SSSR count). The van der Waals surface area contributed by atoms with Gasteiger partial charge in [-0.05, 0) is 36.4 Å². The molecule has 0 amide bonds. The fraction of sp³-hybridized carbons (Fsp3) is 0.125. The Morgan fingerprint density at radius 1 is 1.20 bits per heavy atom. The van der Waals surface area contributed by atoms with Gasteiger partial charge in [-0.1, -0.05) is 6.07 Å². The van der Waals surface area contributed by atoms with Gasteiger partial charge in [0.1, 0.15) is 11.6 Å². The quantitative estimate of drug-likeness (QED) is 0.501. The maximum absolute atomic E-state index is 13.7. The van der Waals surface area contributed by atoms with Gasteiger partial charge >= 0.3 is 6.36 Å². The lowest BCUT2D eigenvalue weighted by Crippen LogP contribution is -2.22. The summed E-state index contributed by atoms with van der Waals surface area (Å²) in [5.41, 5.74) is 6.48. The van der Waals surface area contributed by atoms with Crippen LogP contribution in [0.5, 0.6) is 5.75 Å². The van der Waals surface area contributed by atoms with Gasteiger partial charge in [0, 0.05) is 11.3 Å². The maximum atomic E-state index is 13.7. The molecule has 0 radical (unpaired) electrons. The summed E-state index contributed by atoms with van der Waals surface area (Å²) in [5.74, 6) is -0.995. The summed E-state index contributed by atoms with van der Waals surface area (Å²) in [4.78, 5) is 3.94. The molecule has 2 aromatic rings. The summed E-state index contributed by atoms with van der Waals surface area (Å²) in [6.45, 7) is -0.0638. The third-order valence-electron chi connectivity index (χ3n) is 2.96. The Hall–Kier alpha value is -3.28. The SMILES string of the molecule is N#Cc1ccc(CN=C(N)Nc2ccc(OC(F)(F)F)cc2)c(F)c1. The van der Waals surface area contributed by atoms with Gasteiger partial charge in [0.15, 0.2) is 5.96 Å². The summed E-state index contributed by atoms with van der Waals surface area (Å²) in [5, 5.41) is 11.3. The molecule has 0 heterocycles. The molecule has 0 fully saturated rings. The highest BCUT2D eigenvalue weighted by Gasteiger charge is 2.30. The largest absolute Gasteiger partial charge is 0.573 e. The number of halogens is 4. The maximum Gasteiger partial charge on any atom is 0.573 e. The number of benzene rings is 2. The van der Waals surface area contributed by atoms with E-state index in [2.05, 4.69) is 15.0 Å². The Morgan fingerprint density at radius 3 is 2.44 bits per heavy atom. The molecule has 0 unspecified atom stereocenters. The van der Waals surface area contributed by atoms with E-state index in [-0.39, 0.29) is 29.4 Å². The molecular weight excluding hydrogens is 340 g/mol. The van der Waals surface area contributed by atoms with Crippen molar-refractivity contribution in [3.8, 4) is 11.8 Å². The van der Waals surface area contributed by atoms with Crippen LogP contribution in [0, 0.1) is 17.1 Å². The number of rotatable bonds is 4. The van der Waals surface area contributed by atoms with Gasteiger partial charge in [-0.3, -0.25) is 0 Å². The fourth-order valence-corrected chi connectivity index (χ4v) is 1.84. The number of nitrogens with zero attached hydrogens (tertiary/aromatic N) is 2. The number of nitrogens with two attached hydrogens (primary N) is 1. The molecular formula is C16H12F4N4O. The van der Waals surface area contributed by atoms with E-state index < -0.39 is 12.2 Å². The summed E-state index contributed by atoms with van der Waals surface area (Å²) in [6, 6.07) is 10.7. The number of nitrogens with one attached hydrogen (secondary N) is 1. The molecule has 0 saturated carbocycles. The van der Waals surface area contributed by atoms with E-state index in [9.17, 15) is 17.6 Å². The van der Waals surface area contributed by atoms with Gasteiger partial charge in [-0.15, -0.1) is 13.2 Å². The van der Waals surface area contributed by atoms with E-state index in [4.69, 9.17) is 11.0 Å². The highest BCUT2D eigenvalue weighted by Crippen LogP contribution is 2.23. The smallest absolute Gasteiger partial charge is 0.406 e. The normalized spacial score (nSPS) is 11.7. The van der Waals surface area contributed by atoms with E-state index in [0.717, 1.165) is 18.2 Å². The molecule has 0 atom stereocenters. The Labute approximate surface area is 140 Å². The van der Waals surface area contributed by atoms with Crippen molar-refractivity contribution in [1.29, 1.82) is 5.26 Å². The van der Waals surface area contributed by atoms with Gasteiger partial charge < -0.3 is 15.8 Å². The van der Waals surface area contributed by atoms with Crippen LogP contribution in [0.3, 0.4) is 0 Å². The van der Waals surface area contributed by atoms with Crippen LogP contribution in [0.1, 0.15) is 11.1 Å². The predicted molar refractivity (Wildman–Crippen MR) is 83.2 cm³/mol. The average molecular weight is 352 g/mol. The Balaban J connectivity index is 1.98. The van der Waals surface area contributed by atoms with E-state index in [1.165, 1.54) is 24.3 Å². The van der Waals surface area contributed by atoms with Crippen molar-refractivity contribution in [2.24, 2.45) is 10.7 Å². The van der Waals surface area contributed by atoms with Gasteiger partial charge in [-0.2, -0.15) is 5.26 Å². The molecule has 2 aromatic carbocycles. The summed E-state index contributed by atoms with van der Waals surface area (Å²) in [6.07, 6.45) is -4.76. The minimum Gasteiger partial charge on any atom is -0.406 e. The Bertz CT molecular complexity index is 810. The molecule has 0 aromatic heterocycles. The first kappa shape index (κ1) is 18.1. The number of alkyl halides is 3. The molecule has 0 aliphatic rings. The van der Waals surface area contributed by atoms with Crippen LogP contribution in [0.15, 0.2) is 47.5 Å². The van der Waals surface area contributed by atoms with E-state index in [1.54, 1.807) is 0 Å². The molecule has 3 N–H and O–H groups in total. The summed E-state index contributed by atoms with van der Waals surface area (Å²) in [7, 11) is 0. The van der Waals surface area contributed by atoms with Gasteiger partial charge in [0.2, 0.25) is 0 Å². The number of hydrogen-bond acceptors (Lipinski definition) is 3. The molecule has 0 aliphatic heterocycles. The van der Waals surface area contributed by atoms with Crippen LogP contribution in [-0.2, 0) is 6.54 Å². The second-order valence-electron chi connectivity index (χ2n) is 4.82. The second kappa shape index (κ2) is 7.53. The van der Waals surface area contributed by atoms with Crippen LogP contribution in [-0.4, -0.2) is 12.3 Å². The molecule has 9 heteroatoms. The summed E-state index contributed by atoms with van der Waals surface area (Å²) < 4.78 is 53.7. The molecule has 0 saturated heterocycles. The molecule has 130 valence electrons. The molecule has 25 heavy (non-hydrogen) atoms. The molecule has 0 aliphatic carbocycles. The van der Waals surface area contributed by atoms with E-state index in [1.807, 2.05) is 6.07 Å². The number of nitriles is 1. The minimum absolute atomic E-state index is 0.0479. The lowest BCUT2D eigenvalue weighted by atomic mass is 10.1. The topological polar surface area (TPSA) is 83.4 Å². The lowest BCUT2D eigenvalue weighted by Gasteiger charge is -2.10. The molecule has 0 bridgehead atoms. The first-order valence-electron chi connectivity index (χ1n) is 6.88. The number of ether oxygens (including phenoxy) is 1. The highest BCUT2D eigenvalue weighted by molar-refractivity contribution is 5.92. The third kappa shape index (κ3) is 5.69. The zero-order valence-corrected chi connectivity index (χ0v) is 12.6. The zero-order chi connectivity index (χ0) is 18.4. The van der Waals surface area contributed by atoms with Crippen LogP contribution < -0.4 is 15.8 Å². The Morgan fingerprint density at radius 2 is 1.88 bits per heavy atom. The predicted octanol–water partition coefficient (Wildman–Crippen LogP) is 3.52. The van der Waals surface area contributed by atoms with Gasteiger partial charge in [0.05, 0.1) is 18.2 Å².